The van der Waals surface area contributed by atoms with Gasteiger partial charge >= 0.3 is 5.97 Å². The first-order valence-electron chi connectivity index (χ1n) is 7.50. The van der Waals surface area contributed by atoms with E-state index in [9.17, 15) is 13.6 Å². The Morgan fingerprint density at radius 3 is 2.38 bits per heavy atom. The summed E-state index contributed by atoms with van der Waals surface area (Å²) in [5.41, 5.74) is -0.828. The number of rotatable bonds is 4. The SMILES string of the molecule is CCC(C)(C)C(=O)OC1(c2ccc(F)c(F)c2)CCCC1. The minimum atomic E-state index is -0.899. The number of esters is 1. The van der Waals surface area contributed by atoms with Crippen molar-refractivity contribution in [2.45, 2.75) is 58.5 Å². The van der Waals surface area contributed by atoms with Gasteiger partial charge in [0.15, 0.2) is 11.6 Å². The second kappa shape index (κ2) is 5.74. The molecule has 1 fully saturated rings. The first kappa shape index (κ1) is 15.9. The Kier molecular flexibility index (Phi) is 4.35. The Labute approximate surface area is 124 Å². The van der Waals surface area contributed by atoms with E-state index in [4.69, 9.17) is 4.74 Å². The van der Waals surface area contributed by atoms with Crippen LogP contribution in [0.3, 0.4) is 0 Å². The van der Waals surface area contributed by atoms with Crippen LogP contribution in [0.2, 0.25) is 0 Å². The molecule has 0 unspecified atom stereocenters. The predicted molar refractivity (Wildman–Crippen MR) is 76.7 cm³/mol. The van der Waals surface area contributed by atoms with Crippen LogP contribution in [-0.4, -0.2) is 5.97 Å². The van der Waals surface area contributed by atoms with Crippen molar-refractivity contribution in [1.82, 2.24) is 0 Å². The second-order valence-electron chi connectivity index (χ2n) is 6.46. The fourth-order valence-corrected chi connectivity index (χ4v) is 2.64. The Hall–Kier alpha value is -1.45. The molecule has 2 nitrogen and oxygen atoms in total. The van der Waals surface area contributed by atoms with E-state index >= 15 is 0 Å². The van der Waals surface area contributed by atoms with E-state index in [1.54, 1.807) is 0 Å². The minimum Gasteiger partial charge on any atom is -0.454 e. The van der Waals surface area contributed by atoms with Crippen LogP contribution in [0, 0.1) is 17.0 Å². The summed E-state index contributed by atoms with van der Waals surface area (Å²) < 4.78 is 32.5. The molecule has 0 heterocycles. The van der Waals surface area contributed by atoms with Gasteiger partial charge in [0.1, 0.15) is 5.60 Å². The first-order valence-corrected chi connectivity index (χ1v) is 7.50. The van der Waals surface area contributed by atoms with Crippen molar-refractivity contribution in [2.24, 2.45) is 5.41 Å². The van der Waals surface area contributed by atoms with E-state index in [-0.39, 0.29) is 5.97 Å². The second-order valence-corrected chi connectivity index (χ2v) is 6.46. The monoisotopic (exact) mass is 296 g/mol. The molecule has 0 aromatic heterocycles. The molecule has 0 amide bonds. The summed E-state index contributed by atoms with van der Waals surface area (Å²) in [6.45, 7) is 5.60. The fourth-order valence-electron chi connectivity index (χ4n) is 2.64. The molecular formula is C17H22F2O2. The molecule has 0 spiro atoms. The molecule has 1 saturated carbocycles. The first-order chi connectivity index (χ1) is 9.81. The zero-order valence-corrected chi connectivity index (χ0v) is 12.8. The van der Waals surface area contributed by atoms with E-state index in [0.717, 1.165) is 25.0 Å². The molecule has 0 saturated heterocycles. The molecule has 21 heavy (non-hydrogen) atoms. The average Bonchev–Trinajstić information content (AvgIpc) is 2.91. The number of hydrogen-bond donors (Lipinski definition) is 0. The maximum atomic E-state index is 13.5. The van der Waals surface area contributed by atoms with Crippen molar-refractivity contribution < 1.29 is 18.3 Å². The normalized spacial score (nSPS) is 17.8. The van der Waals surface area contributed by atoms with E-state index in [2.05, 4.69) is 0 Å². The molecule has 1 aliphatic rings. The number of carbonyl (C=O) groups excluding carboxylic acids is 1. The third-order valence-electron chi connectivity index (χ3n) is 4.58. The summed E-state index contributed by atoms with van der Waals surface area (Å²) >= 11 is 0. The van der Waals surface area contributed by atoms with E-state index in [0.29, 0.717) is 24.8 Å². The highest BCUT2D eigenvalue weighted by Crippen LogP contribution is 2.44. The minimum absolute atomic E-state index is 0.281. The van der Waals surface area contributed by atoms with Crippen molar-refractivity contribution in [3.63, 3.8) is 0 Å². The lowest BCUT2D eigenvalue weighted by Crippen LogP contribution is -2.36. The van der Waals surface area contributed by atoms with Gasteiger partial charge in [-0.2, -0.15) is 0 Å². The van der Waals surface area contributed by atoms with Crippen LogP contribution in [0.1, 0.15) is 58.4 Å². The quantitative estimate of drug-likeness (QED) is 0.752. The van der Waals surface area contributed by atoms with Gasteiger partial charge in [0.05, 0.1) is 5.41 Å². The summed E-state index contributed by atoms with van der Waals surface area (Å²) in [4.78, 5) is 12.4. The molecule has 1 aliphatic carbocycles. The smallest absolute Gasteiger partial charge is 0.312 e. The maximum Gasteiger partial charge on any atom is 0.312 e. The molecule has 0 radical (unpaired) electrons. The molecule has 2 rings (SSSR count). The van der Waals surface area contributed by atoms with Crippen LogP contribution in [0.5, 0.6) is 0 Å². The van der Waals surface area contributed by atoms with E-state index < -0.39 is 22.7 Å². The molecule has 0 aliphatic heterocycles. The predicted octanol–water partition coefficient (Wildman–Crippen LogP) is 4.71. The van der Waals surface area contributed by atoms with Gasteiger partial charge in [-0.1, -0.05) is 13.0 Å². The van der Waals surface area contributed by atoms with E-state index in [1.165, 1.54) is 6.07 Å². The highest BCUT2D eigenvalue weighted by atomic mass is 19.2. The van der Waals surface area contributed by atoms with Crippen LogP contribution in [0.4, 0.5) is 8.78 Å². The Balaban J connectivity index is 2.33. The Bertz CT molecular complexity index is 532. The number of halogens is 2. The highest BCUT2D eigenvalue weighted by molar-refractivity contribution is 5.76. The number of carbonyl (C=O) groups is 1. The van der Waals surface area contributed by atoms with Gasteiger partial charge in [-0.25, -0.2) is 8.78 Å². The Morgan fingerprint density at radius 1 is 1.24 bits per heavy atom. The van der Waals surface area contributed by atoms with Gasteiger partial charge in [0, 0.05) is 0 Å². The standard InChI is InChI=1S/C17H22F2O2/c1-4-16(2,3)15(20)21-17(9-5-6-10-17)12-7-8-13(18)14(19)11-12/h7-8,11H,4-6,9-10H2,1-3H3. The molecule has 0 N–H and O–H groups in total. The van der Waals surface area contributed by atoms with Gasteiger partial charge < -0.3 is 4.74 Å². The molecule has 1 aromatic rings. The van der Waals surface area contributed by atoms with Crippen LogP contribution in [0.25, 0.3) is 0 Å². The van der Waals surface area contributed by atoms with Crippen molar-refractivity contribution in [3.05, 3.63) is 35.4 Å². The van der Waals surface area contributed by atoms with Gasteiger partial charge in [0.25, 0.3) is 0 Å². The molecule has 116 valence electrons. The lowest BCUT2D eigenvalue weighted by Gasteiger charge is -2.33. The highest BCUT2D eigenvalue weighted by Gasteiger charge is 2.42. The lowest BCUT2D eigenvalue weighted by molar-refractivity contribution is -0.171. The van der Waals surface area contributed by atoms with Gasteiger partial charge in [-0.05, 0) is 63.6 Å². The molecular weight excluding hydrogens is 274 g/mol. The summed E-state index contributed by atoms with van der Waals surface area (Å²) in [6.07, 6.45) is 3.81. The lowest BCUT2D eigenvalue weighted by atomic mass is 9.88. The Morgan fingerprint density at radius 2 is 1.86 bits per heavy atom. The summed E-state index contributed by atoms with van der Waals surface area (Å²) in [6, 6.07) is 3.78. The van der Waals surface area contributed by atoms with Crippen molar-refractivity contribution in [2.75, 3.05) is 0 Å². The molecule has 4 heteroatoms. The number of benzene rings is 1. The molecule has 1 aromatic carbocycles. The molecule has 0 bridgehead atoms. The van der Waals surface area contributed by atoms with Crippen LogP contribution < -0.4 is 0 Å². The van der Waals surface area contributed by atoms with Gasteiger partial charge in [-0.3, -0.25) is 4.79 Å². The summed E-state index contributed by atoms with van der Waals surface area (Å²) in [7, 11) is 0. The average molecular weight is 296 g/mol. The number of hydrogen-bond acceptors (Lipinski definition) is 2. The third-order valence-corrected chi connectivity index (χ3v) is 4.58. The topological polar surface area (TPSA) is 26.3 Å². The van der Waals surface area contributed by atoms with Crippen molar-refractivity contribution >= 4 is 5.97 Å². The van der Waals surface area contributed by atoms with Gasteiger partial charge in [0.2, 0.25) is 0 Å². The van der Waals surface area contributed by atoms with Gasteiger partial charge in [-0.15, -0.1) is 0 Å². The van der Waals surface area contributed by atoms with Crippen molar-refractivity contribution in [1.29, 1.82) is 0 Å². The van der Waals surface area contributed by atoms with Crippen molar-refractivity contribution in [3.8, 4) is 0 Å². The van der Waals surface area contributed by atoms with E-state index in [1.807, 2.05) is 20.8 Å². The molecule has 0 atom stereocenters. The summed E-state index contributed by atoms with van der Waals surface area (Å²) in [5, 5.41) is 0. The third kappa shape index (κ3) is 3.09. The summed E-state index contributed by atoms with van der Waals surface area (Å²) in [5.74, 6) is -2.06. The maximum absolute atomic E-state index is 13.5. The van der Waals surface area contributed by atoms with Crippen LogP contribution >= 0.6 is 0 Å². The zero-order valence-electron chi connectivity index (χ0n) is 12.8. The number of ether oxygens (including phenoxy) is 1. The van der Waals surface area contributed by atoms with Crippen LogP contribution in [0.15, 0.2) is 18.2 Å². The largest absolute Gasteiger partial charge is 0.454 e. The van der Waals surface area contributed by atoms with Crippen LogP contribution in [-0.2, 0) is 15.1 Å². The zero-order chi connectivity index (χ0) is 15.7. The fraction of sp³-hybridized carbons (Fsp3) is 0.588.